The maximum atomic E-state index is 12.2. The van der Waals surface area contributed by atoms with Crippen molar-refractivity contribution in [1.82, 2.24) is 10.6 Å². The summed E-state index contributed by atoms with van der Waals surface area (Å²) in [7, 11) is 0. The second kappa shape index (κ2) is 12.2. The van der Waals surface area contributed by atoms with Crippen LogP contribution in [0.4, 0.5) is 4.79 Å². The van der Waals surface area contributed by atoms with E-state index in [4.69, 9.17) is 20.5 Å². The SMILES string of the molecule is CCCCOC(=O)N[C@@H](CNC(=O)C[C@@H]1ON=C(c2ccc(/C(N)=N/O)cc2)[C@@H]1O)C(=O)O. The number of carboxylic acids is 1. The van der Waals surface area contributed by atoms with E-state index in [2.05, 4.69) is 20.9 Å². The molecule has 0 saturated carbocycles. The van der Waals surface area contributed by atoms with Crippen molar-refractivity contribution in [1.29, 1.82) is 0 Å². The third-order valence-electron chi connectivity index (χ3n) is 4.71. The number of hydrogen-bond acceptors (Lipinski definition) is 9. The molecule has 13 heteroatoms. The minimum Gasteiger partial charge on any atom is -0.480 e. The number of hydrogen-bond donors (Lipinski definition) is 6. The van der Waals surface area contributed by atoms with Crippen molar-refractivity contribution in [2.75, 3.05) is 13.2 Å². The number of unbranched alkanes of at least 4 members (excludes halogenated alkanes) is 1. The number of ether oxygens (including phenoxy) is 1. The molecule has 1 aromatic rings. The average Bonchev–Trinajstić information content (AvgIpc) is 3.16. The normalized spacial score (nSPS) is 18.6. The van der Waals surface area contributed by atoms with E-state index < -0.39 is 36.2 Å². The van der Waals surface area contributed by atoms with Gasteiger partial charge in [0.05, 0.1) is 13.0 Å². The van der Waals surface area contributed by atoms with Gasteiger partial charge in [-0.05, 0) is 6.42 Å². The molecular formula is C20H27N5O8. The number of aliphatic hydroxyl groups is 1. The monoisotopic (exact) mass is 465 g/mol. The van der Waals surface area contributed by atoms with Gasteiger partial charge in [-0.1, -0.05) is 47.9 Å². The molecule has 2 amide bonds. The number of amidine groups is 1. The molecule has 0 saturated heterocycles. The lowest BCUT2D eigenvalue weighted by Crippen LogP contribution is -2.49. The molecule has 33 heavy (non-hydrogen) atoms. The summed E-state index contributed by atoms with van der Waals surface area (Å²) in [6, 6.07) is 4.91. The van der Waals surface area contributed by atoms with Crippen molar-refractivity contribution < 1.29 is 39.4 Å². The summed E-state index contributed by atoms with van der Waals surface area (Å²) in [5, 5.41) is 39.7. The summed E-state index contributed by atoms with van der Waals surface area (Å²) < 4.78 is 4.85. The fraction of sp³-hybridized carbons (Fsp3) is 0.450. The zero-order chi connectivity index (χ0) is 24.4. The number of nitrogens with two attached hydrogens (primary N) is 1. The maximum Gasteiger partial charge on any atom is 0.407 e. The molecule has 0 spiro atoms. The van der Waals surface area contributed by atoms with Crippen molar-refractivity contribution in [3.8, 4) is 0 Å². The lowest BCUT2D eigenvalue weighted by molar-refractivity contribution is -0.139. The first-order valence-corrected chi connectivity index (χ1v) is 10.2. The number of carboxylic acid groups (broad SMARTS) is 1. The number of rotatable bonds is 11. The molecule has 0 unspecified atom stereocenters. The molecule has 1 aliphatic rings. The number of carbonyl (C=O) groups excluding carboxylic acids is 2. The predicted molar refractivity (Wildman–Crippen MR) is 115 cm³/mol. The molecule has 1 heterocycles. The molecule has 1 aromatic carbocycles. The minimum absolute atomic E-state index is 0.0790. The Labute approximate surface area is 189 Å². The number of oxime groups is 2. The first kappa shape index (κ1) is 25.4. The van der Waals surface area contributed by atoms with Crippen LogP contribution in [0.1, 0.15) is 37.3 Å². The topological polar surface area (TPSA) is 205 Å². The van der Waals surface area contributed by atoms with Crippen molar-refractivity contribution in [3.05, 3.63) is 35.4 Å². The summed E-state index contributed by atoms with van der Waals surface area (Å²) in [5.74, 6) is -2.03. The predicted octanol–water partition coefficient (Wildman–Crippen LogP) is -0.269. The third kappa shape index (κ3) is 7.35. The van der Waals surface area contributed by atoms with Crippen LogP contribution in [0.25, 0.3) is 0 Å². The Morgan fingerprint density at radius 2 is 2.00 bits per heavy atom. The van der Waals surface area contributed by atoms with Crippen molar-refractivity contribution in [2.24, 2.45) is 16.0 Å². The van der Waals surface area contributed by atoms with E-state index in [0.29, 0.717) is 17.5 Å². The lowest BCUT2D eigenvalue weighted by Gasteiger charge is -2.17. The third-order valence-corrected chi connectivity index (χ3v) is 4.71. The molecule has 1 aliphatic heterocycles. The van der Waals surface area contributed by atoms with Crippen LogP contribution in [-0.4, -0.2) is 76.3 Å². The molecule has 0 radical (unpaired) electrons. The van der Waals surface area contributed by atoms with Gasteiger partial charge in [0, 0.05) is 17.7 Å². The van der Waals surface area contributed by atoms with Gasteiger partial charge in [0.1, 0.15) is 17.9 Å². The highest BCUT2D eigenvalue weighted by Crippen LogP contribution is 2.20. The number of alkyl carbamates (subject to hydrolysis) is 1. The highest BCUT2D eigenvalue weighted by molar-refractivity contribution is 6.05. The standard InChI is InChI=1S/C20H27N5O8/c1-2-3-8-32-20(30)23-13(19(28)29)10-22-15(26)9-14-17(27)16(25-33-14)11-4-6-12(7-5-11)18(21)24-31/h4-7,13-14,17,27,31H,2-3,8-10H2,1H3,(H2,21,24)(H,22,26)(H,23,30)(H,28,29)/t13-,14-,17+/m0/s1. The van der Waals surface area contributed by atoms with Crippen LogP contribution in [0.3, 0.4) is 0 Å². The van der Waals surface area contributed by atoms with Gasteiger partial charge in [0.15, 0.2) is 11.9 Å². The number of nitrogens with zero attached hydrogens (tertiary/aromatic N) is 2. The highest BCUT2D eigenvalue weighted by Gasteiger charge is 2.35. The fourth-order valence-electron chi connectivity index (χ4n) is 2.82. The van der Waals surface area contributed by atoms with Gasteiger partial charge in [-0.25, -0.2) is 9.59 Å². The zero-order valence-corrected chi connectivity index (χ0v) is 17.9. The van der Waals surface area contributed by atoms with Gasteiger partial charge in [-0.15, -0.1) is 0 Å². The van der Waals surface area contributed by atoms with Crippen LogP contribution < -0.4 is 16.4 Å². The molecule has 180 valence electrons. The van der Waals surface area contributed by atoms with Gasteiger partial charge >= 0.3 is 12.1 Å². The fourth-order valence-corrected chi connectivity index (χ4v) is 2.82. The Morgan fingerprint density at radius 1 is 1.30 bits per heavy atom. The van der Waals surface area contributed by atoms with Crippen molar-refractivity contribution >= 4 is 29.5 Å². The van der Waals surface area contributed by atoms with Crippen LogP contribution in [0.5, 0.6) is 0 Å². The molecule has 0 fully saturated rings. The van der Waals surface area contributed by atoms with E-state index in [1.807, 2.05) is 6.92 Å². The number of aliphatic carboxylic acids is 1. The summed E-state index contributed by atoms with van der Waals surface area (Å²) in [6.45, 7) is 1.69. The molecule has 13 nitrogen and oxygen atoms in total. The summed E-state index contributed by atoms with van der Waals surface area (Å²) >= 11 is 0. The maximum absolute atomic E-state index is 12.2. The van der Waals surface area contributed by atoms with E-state index in [1.54, 1.807) is 24.3 Å². The minimum atomic E-state index is -1.39. The van der Waals surface area contributed by atoms with Crippen molar-refractivity contribution in [3.63, 3.8) is 0 Å². The smallest absolute Gasteiger partial charge is 0.407 e. The number of aliphatic hydroxyl groups excluding tert-OH is 1. The van der Waals surface area contributed by atoms with Crippen molar-refractivity contribution in [2.45, 2.75) is 44.4 Å². The molecule has 0 bridgehead atoms. The quantitative estimate of drug-likeness (QED) is 0.0835. The second-order valence-corrected chi connectivity index (χ2v) is 7.16. The molecule has 0 aliphatic carbocycles. The molecule has 3 atom stereocenters. The van der Waals surface area contributed by atoms with Crippen LogP contribution in [0, 0.1) is 0 Å². The summed E-state index contributed by atoms with van der Waals surface area (Å²) in [6.07, 6.45) is -1.94. The summed E-state index contributed by atoms with van der Waals surface area (Å²) in [4.78, 5) is 40.3. The van der Waals surface area contributed by atoms with Crippen LogP contribution in [0.15, 0.2) is 34.6 Å². The van der Waals surface area contributed by atoms with Gasteiger partial charge in [-0.2, -0.15) is 0 Å². The second-order valence-electron chi connectivity index (χ2n) is 7.16. The van der Waals surface area contributed by atoms with Crippen LogP contribution >= 0.6 is 0 Å². The largest absolute Gasteiger partial charge is 0.480 e. The Morgan fingerprint density at radius 3 is 2.61 bits per heavy atom. The molecular weight excluding hydrogens is 438 g/mol. The lowest BCUT2D eigenvalue weighted by atomic mass is 9.99. The Balaban J connectivity index is 1.85. The van der Waals surface area contributed by atoms with Gasteiger partial charge in [0.2, 0.25) is 5.91 Å². The first-order valence-electron chi connectivity index (χ1n) is 10.2. The van der Waals surface area contributed by atoms with Gasteiger partial charge in [0.25, 0.3) is 0 Å². The molecule has 2 rings (SSSR count). The van der Waals surface area contributed by atoms with E-state index in [1.165, 1.54) is 0 Å². The Bertz CT molecular complexity index is 902. The zero-order valence-electron chi connectivity index (χ0n) is 17.9. The number of benzene rings is 1. The first-order chi connectivity index (χ1) is 15.8. The van der Waals surface area contributed by atoms with Gasteiger partial charge in [-0.3, -0.25) is 4.79 Å². The van der Waals surface area contributed by atoms with Gasteiger partial charge < -0.3 is 41.4 Å². The number of amides is 2. The molecule has 0 aromatic heterocycles. The Hall–Kier alpha value is -3.87. The van der Waals surface area contributed by atoms with E-state index in [9.17, 15) is 24.6 Å². The van der Waals surface area contributed by atoms with Crippen LogP contribution in [0.2, 0.25) is 0 Å². The number of carbonyl (C=O) groups is 3. The highest BCUT2D eigenvalue weighted by atomic mass is 16.7. The average molecular weight is 465 g/mol. The molecule has 7 N–H and O–H groups in total. The van der Waals surface area contributed by atoms with E-state index in [0.717, 1.165) is 6.42 Å². The van der Waals surface area contributed by atoms with E-state index >= 15 is 0 Å². The summed E-state index contributed by atoms with van der Waals surface area (Å²) in [5.41, 5.74) is 6.67. The number of nitrogens with one attached hydrogen (secondary N) is 2. The Kier molecular flexibility index (Phi) is 9.42. The van der Waals surface area contributed by atoms with Crippen LogP contribution in [-0.2, 0) is 19.2 Å². The van der Waals surface area contributed by atoms with E-state index in [-0.39, 0.29) is 31.1 Å².